The molecule has 1 amide bonds. The van der Waals surface area contributed by atoms with Crippen LogP contribution >= 0.6 is 0 Å². The first-order valence-electron chi connectivity index (χ1n) is 16.1. The van der Waals surface area contributed by atoms with Crippen LogP contribution in [-0.4, -0.2) is 137 Å². The van der Waals surface area contributed by atoms with Gasteiger partial charge in [-0.25, -0.2) is 0 Å². The van der Waals surface area contributed by atoms with Crippen LogP contribution in [0.1, 0.15) is 28.1 Å². The van der Waals surface area contributed by atoms with Crippen molar-refractivity contribution in [2.75, 3.05) is 72.4 Å². The first-order chi connectivity index (χ1) is 22.7. The van der Waals surface area contributed by atoms with Crippen LogP contribution in [0.25, 0.3) is 11.3 Å². The number of likely N-dealkylation sites (N-methyl/N-ethyl adjacent to an activating group) is 1. The average molecular weight is 666 g/mol. The lowest BCUT2D eigenvalue weighted by atomic mass is 9.58. The maximum Gasteiger partial charge on any atom is 0.255 e. The van der Waals surface area contributed by atoms with Crippen LogP contribution in [0.5, 0.6) is 5.75 Å². The van der Waals surface area contributed by atoms with Crippen LogP contribution < -0.4 is 10.6 Å². The number of carbonyl (C=O) groups excluding carboxylic acids is 3. The number of piperazine rings is 1. The summed E-state index contributed by atoms with van der Waals surface area (Å²) in [6, 6.07) is 4.25. The number of phenols is 1. The van der Waals surface area contributed by atoms with Gasteiger partial charge < -0.3 is 40.6 Å². The summed E-state index contributed by atoms with van der Waals surface area (Å²) in [5.74, 6) is -5.93. The van der Waals surface area contributed by atoms with Crippen molar-refractivity contribution in [3.05, 3.63) is 57.8 Å². The van der Waals surface area contributed by atoms with Crippen molar-refractivity contribution in [3.8, 4) is 17.1 Å². The topological polar surface area (TPSA) is 204 Å². The second-order valence-corrected chi connectivity index (χ2v) is 13.6. The van der Waals surface area contributed by atoms with Crippen molar-refractivity contribution in [2.45, 2.75) is 31.0 Å². The number of hydrogen-bond donors (Lipinski definition) is 6. The fraction of sp³-hybridized carbons (Fsp3) is 0.500. The molecule has 0 radical (unpaired) electrons. The largest absolute Gasteiger partial charge is 0.510 e. The highest BCUT2D eigenvalue weighted by Gasteiger charge is 2.63. The highest BCUT2D eigenvalue weighted by molar-refractivity contribution is 6.25. The Kier molecular flexibility index (Phi) is 8.67. The van der Waals surface area contributed by atoms with Crippen molar-refractivity contribution >= 4 is 23.2 Å². The van der Waals surface area contributed by atoms with Gasteiger partial charge in [-0.2, -0.15) is 0 Å². The number of β-amino-alcohol motifs (C(OH)–C–C–N with tert-alkyl or cyclic N) is 1. The average Bonchev–Trinajstić information content (AvgIpc) is 3.47. The van der Waals surface area contributed by atoms with Crippen LogP contribution in [0.15, 0.2) is 45.3 Å². The molecule has 48 heavy (non-hydrogen) atoms. The van der Waals surface area contributed by atoms with E-state index in [2.05, 4.69) is 9.80 Å². The lowest BCUT2D eigenvalue weighted by Crippen LogP contribution is -2.63. The number of aliphatic hydroxyl groups excluding tert-OH is 3. The summed E-state index contributed by atoms with van der Waals surface area (Å²) in [5.41, 5.74) is 3.04. The highest BCUT2D eigenvalue weighted by atomic mass is 16.4. The van der Waals surface area contributed by atoms with Crippen molar-refractivity contribution in [1.29, 1.82) is 0 Å². The van der Waals surface area contributed by atoms with Gasteiger partial charge in [0.15, 0.2) is 11.4 Å². The Labute approximate surface area is 277 Å². The van der Waals surface area contributed by atoms with Gasteiger partial charge in [0.05, 0.1) is 30.3 Å². The predicted octanol–water partition coefficient (Wildman–Crippen LogP) is 0.557. The number of anilines is 1. The first kappa shape index (κ1) is 33.7. The lowest BCUT2D eigenvalue weighted by Gasteiger charge is -2.50. The summed E-state index contributed by atoms with van der Waals surface area (Å²) in [7, 11) is 6.81. The number of nitrogens with zero attached hydrogens (tertiary/aromatic N) is 4. The van der Waals surface area contributed by atoms with E-state index in [1.54, 1.807) is 26.2 Å². The maximum absolute atomic E-state index is 14.4. The fourth-order valence-electron chi connectivity index (χ4n) is 8.03. The van der Waals surface area contributed by atoms with Crippen LogP contribution in [0.4, 0.5) is 5.69 Å². The number of benzene rings is 1. The van der Waals surface area contributed by atoms with E-state index < -0.39 is 58.0 Å². The third-order valence-electron chi connectivity index (χ3n) is 10.4. The van der Waals surface area contributed by atoms with Gasteiger partial charge >= 0.3 is 0 Å². The number of carbonyl (C=O) groups is 3. The van der Waals surface area contributed by atoms with E-state index in [9.17, 15) is 39.9 Å². The van der Waals surface area contributed by atoms with Crippen molar-refractivity contribution in [3.63, 3.8) is 0 Å². The molecule has 1 aliphatic heterocycles. The summed E-state index contributed by atoms with van der Waals surface area (Å²) in [4.78, 5) is 48.0. The Morgan fingerprint density at radius 1 is 1.06 bits per heavy atom. The SMILES string of the molecule is CN(C)c1cc(-c2ccc(CN3CCN(CCO)CC3)o2)c(O)c2c1C[C@H]1C[C@H]3[C@H](N(C)C)C(O)=C(C(N)=O)C(=O)[C@@]3(O)C(O)=C1C2=O. The van der Waals surface area contributed by atoms with E-state index in [0.717, 1.165) is 26.2 Å². The molecule has 0 bridgehead atoms. The number of ketones is 2. The Hall–Kier alpha value is -4.21. The second-order valence-electron chi connectivity index (χ2n) is 13.6. The van der Waals surface area contributed by atoms with Gasteiger partial charge in [0.25, 0.3) is 5.91 Å². The van der Waals surface area contributed by atoms with Crippen molar-refractivity contribution < 1.29 is 44.3 Å². The number of aliphatic hydroxyl groups is 4. The minimum Gasteiger partial charge on any atom is -0.510 e. The molecule has 14 nitrogen and oxygen atoms in total. The molecule has 4 aliphatic rings. The molecule has 2 aromatic rings. The van der Waals surface area contributed by atoms with Gasteiger partial charge in [0.2, 0.25) is 5.78 Å². The number of fused-ring (bicyclic) bond motifs is 3. The minimum atomic E-state index is -2.71. The van der Waals surface area contributed by atoms with Gasteiger partial charge in [0.1, 0.15) is 34.4 Å². The number of primary amides is 1. The van der Waals surface area contributed by atoms with Crippen LogP contribution in [0.2, 0.25) is 0 Å². The molecule has 6 rings (SSSR count). The molecule has 3 aliphatic carbocycles. The summed E-state index contributed by atoms with van der Waals surface area (Å²) in [5, 5.41) is 55.5. The van der Waals surface area contributed by atoms with Gasteiger partial charge in [-0.1, -0.05) is 0 Å². The lowest BCUT2D eigenvalue weighted by molar-refractivity contribution is -0.148. The maximum atomic E-state index is 14.4. The smallest absolute Gasteiger partial charge is 0.255 e. The zero-order valence-electron chi connectivity index (χ0n) is 27.6. The number of Topliss-reactive ketones (excluding diaryl/α,β-unsaturated/α-hetero) is 2. The van der Waals surface area contributed by atoms with Gasteiger partial charge in [-0.15, -0.1) is 0 Å². The molecule has 0 saturated carbocycles. The molecular formula is C34H43N5O9. The first-order valence-corrected chi connectivity index (χ1v) is 16.1. The quantitative estimate of drug-likeness (QED) is 0.214. The van der Waals surface area contributed by atoms with E-state index in [1.807, 2.05) is 25.1 Å². The number of hydrogen-bond acceptors (Lipinski definition) is 13. The Morgan fingerprint density at radius 2 is 1.73 bits per heavy atom. The normalized spacial score (nSPS) is 26.5. The van der Waals surface area contributed by atoms with E-state index in [1.165, 1.54) is 4.90 Å². The summed E-state index contributed by atoms with van der Waals surface area (Å²) in [6.45, 7) is 4.57. The Morgan fingerprint density at radius 3 is 2.33 bits per heavy atom. The highest BCUT2D eigenvalue weighted by Crippen LogP contribution is 2.54. The number of phenolic OH excluding ortho intramolecular Hbond substituents is 1. The second kappa shape index (κ2) is 12.3. The monoisotopic (exact) mass is 665 g/mol. The number of nitrogens with two attached hydrogens (primary N) is 1. The summed E-state index contributed by atoms with van der Waals surface area (Å²) >= 11 is 0. The van der Waals surface area contributed by atoms with Gasteiger partial charge in [-0.05, 0) is 56.6 Å². The predicted molar refractivity (Wildman–Crippen MR) is 175 cm³/mol. The van der Waals surface area contributed by atoms with E-state index >= 15 is 0 Å². The summed E-state index contributed by atoms with van der Waals surface area (Å²) in [6.07, 6.45) is 0.193. The number of aromatic hydroxyl groups is 1. The number of furan rings is 1. The van der Waals surface area contributed by atoms with Gasteiger partial charge in [0, 0.05) is 64.0 Å². The fourth-order valence-corrected chi connectivity index (χ4v) is 8.03. The van der Waals surface area contributed by atoms with Gasteiger partial charge in [-0.3, -0.25) is 29.1 Å². The molecule has 0 unspecified atom stereocenters. The number of allylic oxidation sites excluding steroid dienone is 1. The Balaban J connectivity index is 1.40. The number of rotatable bonds is 8. The summed E-state index contributed by atoms with van der Waals surface area (Å²) < 4.78 is 6.19. The van der Waals surface area contributed by atoms with Crippen molar-refractivity contribution in [1.82, 2.24) is 14.7 Å². The zero-order chi connectivity index (χ0) is 34.8. The number of amides is 1. The van der Waals surface area contributed by atoms with E-state index in [-0.39, 0.29) is 41.9 Å². The molecule has 4 atom stereocenters. The van der Waals surface area contributed by atoms with E-state index in [0.29, 0.717) is 35.9 Å². The third-order valence-corrected chi connectivity index (χ3v) is 10.4. The van der Waals surface area contributed by atoms with Crippen LogP contribution in [0, 0.1) is 11.8 Å². The molecule has 1 fully saturated rings. The van der Waals surface area contributed by atoms with E-state index in [4.69, 9.17) is 10.2 Å². The Bertz CT molecular complexity index is 1740. The molecule has 14 heteroatoms. The molecule has 1 saturated heterocycles. The molecular weight excluding hydrogens is 622 g/mol. The minimum absolute atomic E-state index is 0.0109. The molecule has 0 spiro atoms. The molecule has 258 valence electrons. The van der Waals surface area contributed by atoms with Crippen LogP contribution in [0.3, 0.4) is 0 Å². The molecule has 7 N–H and O–H groups in total. The molecule has 1 aromatic carbocycles. The zero-order valence-corrected chi connectivity index (χ0v) is 27.6. The van der Waals surface area contributed by atoms with Crippen molar-refractivity contribution in [2.24, 2.45) is 17.6 Å². The third kappa shape index (κ3) is 5.19. The van der Waals surface area contributed by atoms with Crippen LogP contribution in [-0.2, 0) is 22.6 Å². The standard InChI is InChI=1S/C34H43N5O9/c1-36(2)22-15-20(23-6-5-18(48-23)16-39-9-7-38(8-10-39)11-12-40)28(41)25-19(22)13-17-14-21-27(37(3)4)30(43)26(33(35)46)32(45)34(21,47)31(44)24(17)29(25)42/h5-6,15,17,21,27,40-41,43-44,47H,7-14,16H2,1-4H3,(H2,35,46)/t17-,21-,27-,34-/m0/s1. The molecule has 2 heterocycles. The molecule has 1 aromatic heterocycles.